The average Bonchev–Trinajstić information content (AvgIpc) is 2.89. The van der Waals surface area contributed by atoms with Crippen LogP contribution in [0, 0.1) is 19.3 Å². The van der Waals surface area contributed by atoms with Crippen molar-refractivity contribution in [2.24, 2.45) is 0 Å². The van der Waals surface area contributed by atoms with E-state index in [1.165, 1.54) is 28.1 Å². The third-order valence-corrected chi connectivity index (χ3v) is 5.39. The standard InChI is InChI=1S/C20H20N2.C13H16/c1-16-8-10-17(11-9-16)21-18-12-14-20(15-13-18)22(2)19-6-4-3-5-7-19;1-5-8-11-13(10-7-3)12(4)9-6-2/h3-15,21H,1-2H3;3,5-6,8-9,11H,1,10H2,2,4H3/b;9-6-,11-8-,13-12+. The van der Waals surface area contributed by atoms with E-state index in [1.807, 2.05) is 31.2 Å². The number of anilines is 4. The smallest absolute Gasteiger partial charge is 0.0409 e. The van der Waals surface area contributed by atoms with Crippen LogP contribution in [0.3, 0.4) is 0 Å². The summed E-state index contributed by atoms with van der Waals surface area (Å²) in [5, 5.41) is 3.42. The lowest BCUT2D eigenvalue weighted by Gasteiger charge is -2.19. The number of nitrogens with zero attached hydrogens (tertiary/aromatic N) is 1. The molecule has 0 aliphatic heterocycles. The average molecular weight is 461 g/mol. The summed E-state index contributed by atoms with van der Waals surface area (Å²) in [6.45, 7) is 9.76. The van der Waals surface area contributed by atoms with E-state index in [4.69, 9.17) is 6.42 Å². The topological polar surface area (TPSA) is 15.3 Å². The molecule has 35 heavy (non-hydrogen) atoms. The second-order valence-electron chi connectivity index (χ2n) is 8.12. The number of allylic oxidation sites excluding steroid dienone is 7. The number of para-hydroxylation sites is 1. The van der Waals surface area contributed by atoms with E-state index < -0.39 is 0 Å². The van der Waals surface area contributed by atoms with Crippen LogP contribution in [-0.2, 0) is 0 Å². The second kappa shape index (κ2) is 14.8. The molecule has 0 unspecified atom stereocenters. The minimum Gasteiger partial charge on any atom is -0.356 e. The summed E-state index contributed by atoms with van der Waals surface area (Å²) in [5.74, 6) is 2.64. The zero-order valence-electron chi connectivity index (χ0n) is 21.3. The van der Waals surface area contributed by atoms with Crippen LogP contribution >= 0.6 is 0 Å². The van der Waals surface area contributed by atoms with Crippen LogP contribution in [0.4, 0.5) is 22.7 Å². The lowest BCUT2D eigenvalue weighted by atomic mass is 10.1. The first kappa shape index (κ1) is 27.0. The van der Waals surface area contributed by atoms with Crippen molar-refractivity contribution in [1.82, 2.24) is 0 Å². The Kier molecular flexibility index (Phi) is 11.5. The highest BCUT2D eigenvalue weighted by molar-refractivity contribution is 5.67. The fourth-order valence-electron chi connectivity index (χ4n) is 3.35. The molecule has 0 heterocycles. The van der Waals surface area contributed by atoms with Crippen molar-refractivity contribution in [2.45, 2.75) is 27.2 Å². The molecule has 0 spiro atoms. The minimum atomic E-state index is 0.667. The van der Waals surface area contributed by atoms with Gasteiger partial charge < -0.3 is 10.2 Å². The summed E-state index contributed by atoms with van der Waals surface area (Å²) < 4.78 is 0. The van der Waals surface area contributed by atoms with Crippen molar-refractivity contribution in [3.8, 4) is 12.3 Å². The Morgan fingerprint density at radius 3 is 2.03 bits per heavy atom. The van der Waals surface area contributed by atoms with Gasteiger partial charge >= 0.3 is 0 Å². The maximum absolute atomic E-state index is 5.27. The van der Waals surface area contributed by atoms with E-state index in [0.29, 0.717) is 6.42 Å². The van der Waals surface area contributed by atoms with E-state index in [9.17, 15) is 0 Å². The number of hydrogen-bond donors (Lipinski definition) is 1. The predicted molar refractivity (Wildman–Crippen MR) is 156 cm³/mol. The Labute approximate surface area is 212 Å². The van der Waals surface area contributed by atoms with Gasteiger partial charge in [-0.05, 0) is 80.4 Å². The summed E-state index contributed by atoms with van der Waals surface area (Å²) in [6, 6.07) is 27.2. The Morgan fingerprint density at radius 2 is 1.49 bits per heavy atom. The third kappa shape index (κ3) is 9.27. The van der Waals surface area contributed by atoms with E-state index in [1.54, 1.807) is 6.08 Å². The monoisotopic (exact) mass is 460 g/mol. The highest BCUT2D eigenvalue weighted by Crippen LogP contribution is 2.25. The largest absolute Gasteiger partial charge is 0.356 e. The molecule has 0 atom stereocenters. The highest BCUT2D eigenvalue weighted by atomic mass is 15.1. The predicted octanol–water partition coefficient (Wildman–Crippen LogP) is 9.15. The Hall–Kier alpha value is -4.22. The second-order valence-corrected chi connectivity index (χ2v) is 8.12. The molecule has 0 amide bonds. The maximum Gasteiger partial charge on any atom is 0.0409 e. The molecule has 0 saturated heterocycles. The summed E-state index contributed by atoms with van der Waals surface area (Å²) in [6.07, 6.45) is 15.7. The van der Waals surface area contributed by atoms with Gasteiger partial charge in [0.25, 0.3) is 0 Å². The highest BCUT2D eigenvalue weighted by Gasteiger charge is 2.03. The normalized spacial score (nSPS) is 11.3. The Balaban J connectivity index is 0.000000287. The lowest BCUT2D eigenvalue weighted by Crippen LogP contribution is -2.08. The zero-order valence-corrected chi connectivity index (χ0v) is 21.3. The van der Waals surface area contributed by atoms with Crippen LogP contribution in [0.25, 0.3) is 0 Å². The quantitative estimate of drug-likeness (QED) is 0.266. The summed E-state index contributed by atoms with van der Waals surface area (Å²) in [4.78, 5) is 2.18. The molecule has 0 saturated carbocycles. The SMILES string of the molecule is C#CCC(/C=C\C=C)=C(C)\C=C/C.Cc1ccc(Nc2ccc(N(C)c3ccccc3)cc2)cc1. The first-order chi connectivity index (χ1) is 17.0. The Bertz CT molecular complexity index is 1170. The van der Waals surface area contributed by atoms with Crippen LogP contribution in [0.5, 0.6) is 0 Å². The first-order valence-corrected chi connectivity index (χ1v) is 11.8. The number of rotatable bonds is 8. The molecule has 1 N–H and O–H groups in total. The molecular weight excluding hydrogens is 424 g/mol. The van der Waals surface area contributed by atoms with Crippen molar-refractivity contribution < 1.29 is 0 Å². The van der Waals surface area contributed by atoms with Gasteiger partial charge in [0, 0.05) is 36.2 Å². The molecule has 3 aromatic carbocycles. The van der Waals surface area contributed by atoms with Gasteiger partial charge in [-0.2, -0.15) is 0 Å². The number of aryl methyl sites for hydroxylation is 1. The number of benzene rings is 3. The molecule has 0 aliphatic carbocycles. The molecule has 2 heteroatoms. The van der Waals surface area contributed by atoms with Crippen LogP contribution < -0.4 is 10.2 Å². The van der Waals surface area contributed by atoms with E-state index in [2.05, 4.69) is 122 Å². The van der Waals surface area contributed by atoms with Crippen molar-refractivity contribution in [3.63, 3.8) is 0 Å². The van der Waals surface area contributed by atoms with Gasteiger partial charge in [0.2, 0.25) is 0 Å². The fourth-order valence-corrected chi connectivity index (χ4v) is 3.35. The number of terminal acetylenes is 1. The third-order valence-electron chi connectivity index (χ3n) is 5.39. The van der Waals surface area contributed by atoms with Crippen LogP contribution in [0.2, 0.25) is 0 Å². The van der Waals surface area contributed by atoms with Crippen molar-refractivity contribution in [1.29, 1.82) is 0 Å². The van der Waals surface area contributed by atoms with Gasteiger partial charge in [-0.3, -0.25) is 0 Å². The van der Waals surface area contributed by atoms with E-state index in [0.717, 1.165) is 11.4 Å². The van der Waals surface area contributed by atoms with Crippen molar-refractivity contribution in [3.05, 3.63) is 133 Å². The van der Waals surface area contributed by atoms with Gasteiger partial charge in [0.15, 0.2) is 0 Å². The zero-order chi connectivity index (χ0) is 25.5. The lowest BCUT2D eigenvalue weighted by molar-refractivity contribution is 1.21. The minimum absolute atomic E-state index is 0.667. The molecule has 3 aromatic rings. The van der Waals surface area contributed by atoms with Crippen molar-refractivity contribution >= 4 is 22.7 Å². The van der Waals surface area contributed by atoms with Crippen molar-refractivity contribution in [2.75, 3.05) is 17.3 Å². The summed E-state index contributed by atoms with van der Waals surface area (Å²) in [5.41, 5.74) is 8.19. The molecule has 178 valence electrons. The molecule has 2 nitrogen and oxygen atoms in total. The van der Waals surface area contributed by atoms with Gasteiger partial charge in [0.05, 0.1) is 0 Å². The number of hydrogen-bond acceptors (Lipinski definition) is 2. The van der Waals surface area contributed by atoms with Gasteiger partial charge in [-0.1, -0.05) is 72.9 Å². The van der Waals surface area contributed by atoms with Gasteiger partial charge in [-0.25, -0.2) is 0 Å². The Morgan fingerprint density at radius 1 is 0.914 bits per heavy atom. The van der Waals surface area contributed by atoms with E-state index >= 15 is 0 Å². The molecular formula is C33H36N2. The molecule has 3 rings (SSSR count). The fraction of sp³-hybridized carbons (Fsp3) is 0.152. The van der Waals surface area contributed by atoms with Gasteiger partial charge in [0.1, 0.15) is 0 Å². The van der Waals surface area contributed by atoms with Gasteiger partial charge in [-0.15, -0.1) is 12.3 Å². The van der Waals surface area contributed by atoms with E-state index in [-0.39, 0.29) is 0 Å². The molecule has 0 aromatic heterocycles. The molecule has 0 bridgehead atoms. The molecule has 0 fully saturated rings. The van der Waals surface area contributed by atoms with Crippen LogP contribution in [0.15, 0.2) is 127 Å². The van der Waals surface area contributed by atoms with Crippen LogP contribution in [0.1, 0.15) is 25.8 Å². The van der Waals surface area contributed by atoms with Crippen LogP contribution in [-0.4, -0.2) is 7.05 Å². The maximum atomic E-state index is 5.27. The molecule has 0 aliphatic rings. The number of nitrogens with one attached hydrogen (secondary N) is 1. The summed E-state index contributed by atoms with van der Waals surface area (Å²) >= 11 is 0. The summed E-state index contributed by atoms with van der Waals surface area (Å²) in [7, 11) is 2.08. The first-order valence-electron chi connectivity index (χ1n) is 11.8. The molecule has 0 radical (unpaired) electrons.